The Morgan fingerprint density at radius 1 is 1.23 bits per heavy atom. The van der Waals surface area contributed by atoms with Crippen LogP contribution in [0, 0.1) is 0 Å². The van der Waals surface area contributed by atoms with Gasteiger partial charge in [-0.15, -0.1) is 10.2 Å². The number of fused-ring (bicyclic) bond motifs is 3. The molecule has 1 aliphatic rings. The van der Waals surface area contributed by atoms with Gasteiger partial charge in [-0.05, 0) is 24.3 Å². The van der Waals surface area contributed by atoms with E-state index in [4.69, 9.17) is 31.5 Å². The quantitative estimate of drug-likeness (QED) is 0.595. The van der Waals surface area contributed by atoms with Crippen LogP contribution in [0.3, 0.4) is 0 Å². The molecule has 0 fully saturated rings. The molecule has 0 radical (unpaired) electrons. The number of carboxylic acids is 1. The minimum absolute atomic E-state index is 0.113. The Kier molecular flexibility index (Phi) is 5.81. The van der Waals surface area contributed by atoms with Crippen LogP contribution in [0.1, 0.15) is 41.4 Å². The van der Waals surface area contributed by atoms with Gasteiger partial charge in [-0.2, -0.15) is 0 Å². The van der Waals surface area contributed by atoms with Crippen molar-refractivity contribution in [2.24, 2.45) is 5.73 Å². The highest BCUT2D eigenvalue weighted by atomic mass is 35.5. The van der Waals surface area contributed by atoms with Crippen molar-refractivity contribution in [1.29, 1.82) is 0 Å². The molecular weight excluding hydrogens is 424 g/mol. The fraction of sp³-hybridized carbons (Fsp3) is 0.286. The summed E-state index contributed by atoms with van der Waals surface area (Å²) in [6, 6.07) is 10.7. The summed E-state index contributed by atoms with van der Waals surface area (Å²) in [5.41, 5.74) is 7.95. The predicted molar refractivity (Wildman–Crippen MR) is 112 cm³/mol. The van der Waals surface area contributed by atoms with Crippen molar-refractivity contribution in [2.75, 3.05) is 14.2 Å². The summed E-state index contributed by atoms with van der Waals surface area (Å²) in [4.78, 5) is 11.6. The van der Waals surface area contributed by atoms with E-state index >= 15 is 0 Å². The largest absolute Gasteiger partial charge is 0.493 e. The average molecular weight is 445 g/mol. The molecule has 0 bridgehead atoms. The number of carbonyl (C=O) groups is 1. The number of carboxylic acid groups (broad SMARTS) is 1. The van der Waals surface area contributed by atoms with Gasteiger partial charge in [0.2, 0.25) is 0 Å². The monoisotopic (exact) mass is 444 g/mol. The molecule has 2 aromatic carbocycles. The van der Waals surface area contributed by atoms with Crippen molar-refractivity contribution in [2.45, 2.75) is 25.2 Å². The van der Waals surface area contributed by atoms with Crippen LogP contribution in [-0.2, 0) is 16.1 Å². The Morgan fingerprint density at radius 3 is 2.71 bits per heavy atom. The van der Waals surface area contributed by atoms with Crippen molar-refractivity contribution in [3.63, 3.8) is 0 Å². The number of hydrogen-bond acceptors (Lipinski definition) is 7. The lowest BCUT2D eigenvalue weighted by Gasteiger charge is -2.24. The Morgan fingerprint density at radius 2 is 2.03 bits per heavy atom. The molecule has 1 aliphatic heterocycles. The molecule has 2 atom stereocenters. The summed E-state index contributed by atoms with van der Waals surface area (Å²) in [6.07, 6.45) is -1.92. The second-order valence-electron chi connectivity index (χ2n) is 6.90. The standard InChI is InChI=1S/C21H21ClN4O5/c1-29-15-5-3-4-12(20(15)30-2)19-13-8-11(22)6-7-14(13)26-17(10-23)24-25-21(26)16(31-19)9-18(27)28/h3-8,16,19H,9-10,23H2,1-2H3,(H,27,28). The molecule has 2 unspecified atom stereocenters. The van der Waals surface area contributed by atoms with E-state index in [2.05, 4.69) is 10.2 Å². The molecular formula is C21H21ClN4O5. The highest BCUT2D eigenvalue weighted by molar-refractivity contribution is 6.30. The van der Waals surface area contributed by atoms with Gasteiger partial charge in [-0.1, -0.05) is 23.7 Å². The summed E-state index contributed by atoms with van der Waals surface area (Å²) in [5, 5.41) is 18.4. The molecule has 0 saturated heterocycles. The third-order valence-corrected chi connectivity index (χ3v) is 5.35. The van der Waals surface area contributed by atoms with Gasteiger partial charge in [-0.25, -0.2) is 0 Å². The normalized spacial score (nSPS) is 17.4. The number of para-hydroxylation sites is 1. The number of halogens is 1. The smallest absolute Gasteiger partial charge is 0.306 e. The number of nitrogens with zero attached hydrogens (tertiary/aromatic N) is 3. The van der Waals surface area contributed by atoms with Crippen LogP contribution in [0.4, 0.5) is 0 Å². The molecule has 31 heavy (non-hydrogen) atoms. The number of aliphatic carboxylic acids is 1. The molecule has 0 amide bonds. The molecule has 10 heteroatoms. The van der Waals surface area contributed by atoms with Crippen LogP contribution in [0.15, 0.2) is 36.4 Å². The Hall–Kier alpha value is -3.14. The van der Waals surface area contributed by atoms with Crippen LogP contribution in [0.25, 0.3) is 5.69 Å². The van der Waals surface area contributed by atoms with Gasteiger partial charge >= 0.3 is 5.97 Å². The lowest BCUT2D eigenvalue weighted by atomic mass is 9.98. The summed E-state index contributed by atoms with van der Waals surface area (Å²) >= 11 is 6.34. The van der Waals surface area contributed by atoms with Gasteiger partial charge in [0.25, 0.3) is 0 Å². The van der Waals surface area contributed by atoms with Gasteiger partial charge < -0.3 is 25.1 Å². The number of methoxy groups -OCH3 is 2. The van der Waals surface area contributed by atoms with E-state index in [-0.39, 0.29) is 13.0 Å². The fourth-order valence-corrected chi connectivity index (χ4v) is 4.01. The zero-order chi connectivity index (χ0) is 22.1. The van der Waals surface area contributed by atoms with Gasteiger partial charge in [0, 0.05) is 16.1 Å². The highest BCUT2D eigenvalue weighted by Crippen LogP contribution is 2.46. The first-order valence-electron chi connectivity index (χ1n) is 9.50. The first-order chi connectivity index (χ1) is 15.0. The molecule has 4 rings (SSSR count). The van der Waals surface area contributed by atoms with E-state index in [1.54, 1.807) is 29.9 Å². The van der Waals surface area contributed by atoms with Crippen molar-refractivity contribution in [3.05, 3.63) is 64.2 Å². The van der Waals surface area contributed by atoms with Gasteiger partial charge in [0.05, 0.1) is 32.9 Å². The second-order valence-corrected chi connectivity index (χ2v) is 7.34. The third-order valence-electron chi connectivity index (χ3n) is 5.11. The summed E-state index contributed by atoms with van der Waals surface area (Å²) < 4.78 is 19.2. The highest BCUT2D eigenvalue weighted by Gasteiger charge is 2.36. The van der Waals surface area contributed by atoms with Gasteiger partial charge in [0.15, 0.2) is 23.1 Å². The van der Waals surface area contributed by atoms with Gasteiger partial charge in [0.1, 0.15) is 12.2 Å². The summed E-state index contributed by atoms with van der Waals surface area (Å²) in [6.45, 7) is 0.113. The number of hydrogen-bond donors (Lipinski definition) is 2. The van der Waals surface area contributed by atoms with Crippen molar-refractivity contribution < 1.29 is 24.1 Å². The lowest BCUT2D eigenvalue weighted by Crippen LogP contribution is -2.16. The van der Waals surface area contributed by atoms with E-state index in [0.29, 0.717) is 45.0 Å². The molecule has 0 aliphatic carbocycles. The number of rotatable bonds is 6. The van der Waals surface area contributed by atoms with E-state index < -0.39 is 18.2 Å². The molecule has 0 saturated carbocycles. The van der Waals surface area contributed by atoms with Crippen LogP contribution in [0.2, 0.25) is 5.02 Å². The number of ether oxygens (including phenoxy) is 3. The number of aromatic nitrogens is 3. The molecule has 0 spiro atoms. The predicted octanol–water partition coefficient (Wildman–Crippen LogP) is 3.03. The zero-order valence-corrected chi connectivity index (χ0v) is 17.7. The van der Waals surface area contributed by atoms with E-state index in [0.717, 1.165) is 0 Å². The average Bonchev–Trinajstić information content (AvgIpc) is 3.14. The zero-order valence-electron chi connectivity index (χ0n) is 16.9. The molecule has 2 heterocycles. The van der Waals surface area contributed by atoms with Crippen LogP contribution in [0.5, 0.6) is 11.5 Å². The molecule has 162 valence electrons. The minimum Gasteiger partial charge on any atom is -0.493 e. The Labute approximate surface area is 183 Å². The van der Waals surface area contributed by atoms with Crippen molar-refractivity contribution in [3.8, 4) is 17.2 Å². The molecule has 3 N–H and O–H groups in total. The van der Waals surface area contributed by atoms with Crippen LogP contribution in [-0.4, -0.2) is 40.1 Å². The third kappa shape index (κ3) is 3.71. The SMILES string of the molecule is COc1cccc(C2OC(CC(=O)O)c3nnc(CN)n3-c3ccc(Cl)cc32)c1OC. The van der Waals surface area contributed by atoms with E-state index in [9.17, 15) is 9.90 Å². The fourth-order valence-electron chi connectivity index (χ4n) is 3.83. The van der Waals surface area contributed by atoms with E-state index in [1.807, 2.05) is 18.2 Å². The maximum Gasteiger partial charge on any atom is 0.306 e. The Bertz CT molecular complexity index is 1130. The van der Waals surface area contributed by atoms with Crippen LogP contribution >= 0.6 is 11.6 Å². The maximum atomic E-state index is 11.6. The molecule has 9 nitrogen and oxygen atoms in total. The van der Waals surface area contributed by atoms with Gasteiger partial charge in [-0.3, -0.25) is 9.36 Å². The number of nitrogens with two attached hydrogens (primary N) is 1. The lowest BCUT2D eigenvalue weighted by molar-refractivity contribution is -0.141. The topological polar surface area (TPSA) is 122 Å². The first kappa shape index (κ1) is 21.1. The maximum absolute atomic E-state index is 11.6. The minimum atomic E-state index is -1.03. The summed E-state index contributed by atoms with van der Waals surface area (Å²) in [5.74, 6) is 0.806. The van der Waals surface area contributed by atoms with Crippen molar-refractivity contribution >= 4 is 17.6 Å². The van der Waals surface area contributed by atoms with Crippen molar-refractivity contribution in [1.82, 2.24) is 14.8 Å². The van der Waals surface area contributed by atoms with Crippen LogP contribution < -0.4 is 15.2 Å². The molecule has 3 aromatic rings. The number of benzene rings is 2. The van der Waals surface area contributed by atoms with E-state index in [1.165, 1.54) is 7.11 Å². The first-order valence-corrected chi connectivity index (χ1v) is 9.88. The Balaban J connectivity index is 2.00. The summed E-state index contributed by atoms with van der Waals surface area (Å²) in [7, 11) is 3.08. The molecule has 1 aromatic heterocycles. The second kappa shape index (κ2) is 8.54.